The van der Waals surface area contributed by atoms with Crippen molar-refractivity contribution in [1.82, 2.24) is 10.6 Å². The van der Waals surface area contributed by atoms with Crippen LogP contribution in [0, 0.1) is 17.2 Å². The maximum atomic E-state index is 14.8. The summed E-state index contributed by atoms with van der Waals surface area (Å²) in [4.78, 5) is 58.2. The van der Waals surface area contributed by atoms with E-state index in [1.54, 1.807) is 75.4 Å². The van der Waals surface area contributed by atoms with E-state index in [9.17, 15) is 24.4 Å². The highest BCUT2D eigenvalue weighted by atomic mass is 16.5. The van der Waals surface area contributed by atoms with Crippen molar-refractivity contribution in [3.63, 3.8) is 0 Å². The number of ketones is 1. The lowest BCUT2D eigenvalue weighted by atomic mass is 9.99. The van der Waals surface area contributed by atoms with Crippen LogP contribution in [0.15, 0.2) is 78.9 Å². The molecule has 4 aromatic carbocycles. The molecular formula is C38H39N5O5. The Morgan fingerprint density at radius 3 is 2.27 bits per heavy atom. The van der Waals surface area contributed by atoms with E-state index < -0.39 is 35.8 Å². The Kier molecular flexibility index (Phi) is 9.92. The summed E-state index contributed by atoms with van der Waals surface area (Å²) < 4.78 is 5.76. The monoisotopic (exact) mass is 645 g/mol. The van der Waals surface area contributed by atoms with Gasteiger partial charge in [0, 0.05) is 22.6 Å². The molecule has 0 aliphatic carbocycles. The van der Waals surface area contributed by atoms with Crippen LogP contribution in [0.1, 0.15) is 59.5 Å². The molecule has 0 aromatic heterocycles. The molecule has 0 spiro atoms. The number of fused-ring (bicyclic) bond motifs is 2. The highest BCUT2D eigenvalue weighted by Gasteiger charge is 2.43. The summed E-state index contributed by atoms with van der Waals surface area (Å²) in [5.74, 6) is -1.00. The second-order valence-corrected chi connectivity index (χ2v) is 12.2. The fourth-order valence-electron chi connectivity index (χ4n) is 6.00. The zero-order valence-electron chi connectivity index (χ0n) is 27.9. The molecule has 0 radical (unpaired) electrons. The Labute approximate surface area is 280 Å². The number of Topliss-reactive ketones (excluding diaryl/α,β-unsaturated/α-hetero) is 1. The quantitative estimate of drug-likeness (QED) is 0.238. The molecule has 0 saturated heterocycles. The zero-order chi connectivity index (χ0) is 34.7. The van der Waals surface area contributed by atoms with Crippen molar-refractivity contribution in [3.8, 4) is 11.8 Å². The van der Waals surface area contributed by atoms with E-state index in [1.807, 2.05) is 50.2 Å². The summed E-state index contributed by atoms with van der Waals surface area (Å²) in [6.45, 7) is 7.05. The standard InChI is InChI=1S/C38H39N5O5/c1-22(2)35(44)27-12-14-28(15-13-27)37(46)43-24(4)34(41-36(45)23(3)40-5)38(47)42(31-17-11-25(20-39)19-32(31)43)21-30-29-10-8-7-9-26(29)16-18-33(30)48-6/h7-19,22-24,34,40H,21H2,1-6H3,(H,41,45). The first-order valence-corrected chi connectivity index (χ1v) is 15.9. The predicted molar refractivity (Wildman–Crippen MR) is 185 cm³/mol. The molecule has 3 unspecified atom stereocenters. The lowest BCUT2D eigenvalue weighted by Gasteiger charge is -2.33. The van der Waals surface area contributed by atoms with Crippen LogP contribution in [0.25, 0.3) is 10.8 Å². The van der Waals surface area contributed by atoms with Gasteiger partial charge in [-0.2, -0.15) is 5.26 Å². The molecule has 48 heavy (non-hydrogen) atoms. The number of nitriles is 1. The van der Waals surface area contributed by atoms with Crippen molar-refractivity contribution < 1.29 is 23.9 Å². The van der Waals surface area contributed by atoms with Gasteiger partial charge in [0.25, 0.3) is 11.8 Å². The molecule has 0 fully saturated rings. The second-order valence-electron chi connectivity index (χ2n) is 12.2. The van der Waals surface area contributed by atoms with Gasteiger partial charge in [0.2, 0.25) is 5.91 Å². The van der Waals surface area contributed by atoms with Crippen molar-refractivity contribution >= 4 is 45.7 Å². The number of benzene rings is 4. The fraction of sp³-hybridized carbons (Fsp3) is 0.289. The van der Waals surface area contributed by atoms with Crippen LogP contribution in [-0.4, -0.2) is 55.8 Å². The van der Waals surface area contributed by atoms with Gasteiger partial charge in [-0.05, 0) is 68.1 Å². The van der Waals surface area contributed by atoms with E-state index in [0.29, 0.717) is 22.7 Å². The third kappa shape index (κ3) is 6.37. The Morgan fingerprint density at radius 1 is 0.938 bits per heavy atom. The predicted octanol–water partition coefficient (Wildman–Crippen LogP) is 5.23. The molecule has 1 aliphatic rings. The molecule has 0 bridgehead atoms. The van der Waals surface area contributed by atoms with Crippen LogP contribution in [0.4, 0.5) is 11.4 Å². The molecular weight excluding hydrogens is 606 g/mol. The molecule has 10 heteroatoms. The van der Waals surface area contributed by atoms with Gasteiger partial charge in [-0.3, -0.25) is 19.2 Å². The summed E-state index contributed by atoms with van der Waals surface area (Å²) in [6, 6.07) is 22.3. The van der Waals surface area contributed by atoms with Crippen molar-refractivity contribution in [2.75, 3.05) is 24.0 Å². The normalized spacial score (nSPS) is 16.6. The summed E-state index contributed by atoms with van der Waals surface area (Å²) in [5, 5.41) is 17.5. The van der Waals surface area contributed by atoms with E-state index in [0.717, 1.165) is 16.3 Å². The number of nitrogens with one attached hydrogen (secondary N) is 2. The van der Waals surface area contributed by atoms with E-state index in [4.69, 9.17) is 4.74 Å². The third-order valence-corrected chi connectivity index (χ3v) is 8.89. The highest BCUT2D eigenvalue weighted by Crippen LogP contribution is 2.40. The number of nitrogens with zero attached hydrogens (tertiary/aromatic N) is 3. The lowest BCUT2D eigenvalue weighted by molar-refractivity contribution is -0.128. The maximum absolute atomic E-state index is 14.8. The first-order chi connectivity index (χ1) is 23.0. The van der Waals surface area contributed by atoms with Crippen molar-refractivity contribution in [2.45, 2.75) is 52.4 Å². The van der Waals surface area contributed by atoms with Crippen molar-refractivity contribution in [1.29, 1.82) is 5.26 Å². The topological polar surface area (TPSA) is 132 Å². The number of carbonyl (C=O) groups is 4. The fourth-order valence-corrected chi connectivity index (χ4v) is 6.00. The smallest absolute Gasteiger partial charge is 0.258 e. The number of methoxy groups -OCH3 is 1. The van der Waals surface area contributed by atoms with E-state index in [-0.39, 0.29) is 29.4 Å². The summed E-state index contributed by atoms with van der Waals surface area (Å²) >= 11 is 0. The molecule has 5 rings (SSSR count). The van der Waals surface area contributed by atoms with Gasteiger partial charge in [0.15, 0.2) is 5.78 Å². The number of rotatable bonds is 9. The average molecular weight is 646 g/mol. The van der Waals surface area contributed by atoms with Gasteiger partial charge in [-0.25, -0.2) is 0 Å². The Bertz CT molecular complexity index is 1930. The van der Waals surface area contributed by atoms with Gasteiger partial charge in [-0.15, -0.1) is 0 Å². The second kappa shape index (κ2) is 14.1. The van der Waals surface area contributed by atoms with Crippen LogP contribution in [-0.2, 0) is 16.1 Å². The Hall–Kier alpha value is -5.53. The average Bonchev–Trinajstić information content (AvgIpc) is 3.18. The molecule has 3 amide bonds. The third-order valence-electron chi connectivity index (χ3n) is 8.89. The SMILES string of the molecule is CNC(C)C(=O)NC1C(=O)N(Cc2c(OC)ccc3ccccc23)c2ccc(C#N)cc2N(C(=O)c2ccc(C(=O)C(C)C)cc2)C1C. The molecule has 0 saturated carbocycles. The Morgan fingerprint density at radius 2 is 1.62 bits per heavy atom. The number of hydrogen-bond acceptors (Lipinski definition) is 7. The number of amides is 3. The molecule has 3 atom stereocenters. The summed E-state index contributed by atoms with van der Waals surface area (Å²) in [7, 11) is 3.21. The number of ether oxygens (including phenoxy) is 1. The lowest BCUT2D eigenvalue weighted by Crippen LogP contribution is -2.59. The minimum absolute atomic E-state index is 0.0484. The number of likely N-dealkylation sites (N-methyl/N-ethyl adjacent to an activating group) is 1. The van der Waals surface area contributed by atoms with Crippen molar-refractivity contribution in [3.05, 3.63) is 101 Å². The number of anilines is 2. The van der Waals surface area contributed by atoms with Crippen LogP contribution in [0.3, 0.4) is 0 Å². The van der Waals surface area contributed by atoms with Crippen LogP contribution < -0.4 is 25.2 Å². The van der Waals surface area contributed by atoms with Crippen LogP contribution in [0.5, 0.6) is 5.75 Å². The van der Waals surface area contributed by atoms with Gasteiger partial charge in [-0.1, -0.05) is 56.3 Å². The molecule has 1 heterocycles. The van der Waals surface area contributed by atoms with E-state index in [2.05, 4.69) is 16.7 Å². The minimum Gasteiger partial charge on any atom is -0.496 e. The minimum atomic E-state index is -1.17. The number of hydrogen-bond donors (Lipinski definition) is 2. The first kappa shape index (κ1) is 33.8. The number of carbonyl (C=O) groups excluding carboxylic acids is 4. The van der Waals surface area contributed by atoms with E-state index in [1.165, 1.54) is 4.90 Å². The molecule has 1 aliphatic heterocycles. The van der Waals surface area contributed by atoms with Crippen molar-refractivity contribution in [2.24, 2.45) is 5.92 Å². The summed E-state index contributed by atoms with van der Waals surface area (Å²) in [5.41, 5.74) is 2.51. The zero-order valence-corrected chi connectivity index (χ0v) is 27.9. The van der Waals surface area contributed by atoms with Gasteiger partial charge in [0.1, 0.15) is 11.8 Å². The first-order valence-electron chi connectivity index (χ1n) is 15.9. The molecule has 2 N–H and O–H groups in total. The molecule has 4 aromatic rings. The van der Waals surface area contributed by atoms with Gasteiger partial charge in [0.05, 0.1) is 48.7 Å². The Balaban J connectivity index is 1.70. The van der Waals surface area contributed by atoms with Crippen LogP contribution >= 0.6 is 0 Å². The van der Waals surface area contributed by atoms with Gasteiger partial charge < -0.3 is 25.2 Å². The van der Waals surface area contributed by atoms with Gasteiger partial charge >= 0.3 is 0 Å². The highest BCUT2D eigenvalue weighted by molar-refractivity contribution is 6.14. The molecule has 10 nitrogen and oxygen atoms in total. The summed E-state index contributed by atoms with van der Waals surface area (Å²) in [6.07, 6.45) is 0. The van der Waals surface area contributed by atoms with Crippen LogP contribution in [0.2, 0.25) is 0 Å². The maximum Gasteiger partial charge on any atom is 0.258 e. The largest absolute Gasteiger partial charge is 0.496 e. The van der Waals surface area contributed by atoms with E-state index >= 15 is 0 Å². The molecule has 246 valence electrons.